The first-order valence-electron chi connectivity index (χ1n) is 1.26. The standard InChI is InChI=1S/Ca.2P.3Zn.2H. The van der Waals surface area contributed by atoms with Crippen LogP contribution in [-0.2, 0) is 50.8 Å². The summed E-state index contributed by atoms with van der Waals surface area (Å²) in [7, 11) is 0. The van der Waals surface area contributed by atoms with Gasteiger partial charge in [-0.15, -0.1) is 0 Å². The Hall–Kier alpha value is 3.73. The van der Waals surface area contributed by atoms with Crippen molar-refractivity contribution < 1.29 is 50.8 Å². The molecular weight excluding hydrogens is 298 g/mol. The second kappa shape index (κ2) is 11.5. The summed E-state index contributed by atoms with van der Waals surface area (Å²) in [5.74, 6) is 0. The third-order valence-corrected chi connectivity index (χ3v) is 48.6. The summed E-state index contributed by atoms with van der Waals surface area (Å²) in [5.41, 5.74) is 0. The van der Waals surface area contributed by atoms with Crippen molar-refractivity contribution in [2.45, 2.75) is 0 Å². The van der Waals surface area contributed by atoms with Crippen LogP contribution >= 0.6 is 9.58 Å². The molecule has 0 unspecified atom stereocenters. The minimum atomic E-state index is 0. The topological polar surface area (TPSA) is 0 Å². The molecule has 6 heteroatoms. The molecule has 0 nitrogen and oxygen atoms in total. The molecule has 0 spiro atoms. The van der Waals surface area contributed by atoms with Gasteiger partial charge in [0.05, 0.1) is 0 Å². The van der Waals surface area contributed by atoms with Crippen LogP contribution in [0.2, 0.25) is 0 Å². The van der Waals surface area contributed by atoms with E-state index in [9.17, 15) is 0 Å². The normalized spacial score (nSPS) is 7.33. The third kappa shape index (κ3) is 10.7. The molecule has 0 aromatic rings. The van der Waals surface area contributed by atoms with Gasteiger partial charge in [-0.05, 0) is 0 Å². The van der Waals surface area contributed by atoms with Crippen LogP contribution < -0.4 is 0 Å². The molecule has 0 aliphatic carbocycles. The van der Waals surface area contributed by atoms with E-state index < -0.39 is 0 Å². The van der Waals surface area contributed by atoms with E-state index in [2.05, 4.69) is 0 Å². The Labute approximate surface area is 95.8 Å². The maximum absolute atomic E-state index is 1.86. The van der Waals surface area contributed by atoms with Gasteiger partial charge in [0.25, 0.3) is 0 Å². The molecule has 0 aromatic carbocycles. The van der Waals surface area contributed by atoms with Crippen molar-refractivity contribution in [3.63, 3.8) is 0 Å². The molecule has 20 valence electrons. The summed E-state index contributed by atoms with van der Waals surface area (Å²) in [6.07, 6.45) is 0. The van der Waals surface area contributed by atoms with Gasteiger partial charge >= 0.3 is 98.1 Å². The first-order valence-corrected chi connectivity index (χ1v) is 19.7. The van der Waals surface area contributed by atoms with Crippen molar-refractivity contribution in [3.05, 3.63) is 0 Å². The van der Waals surface area contributed by atoms with Gasteiger partial charge in [0, 0.05) is 0 Å². The quantitative estimate of drug-likeness (QED) is 0.523. The molecule has 0 fully saturated rings. The molecule has 0 aliphatic heterocycles. The zero-order chi connectivity index (χ0) is 4.12. The Morgan fingerprint density at radius 3 is 1.50 bits per heavy atom. The minimum absolute atomic E-state index is 0. The second-order valence-corrected chi connectivity index (χ2v) is 42.8. The maximum atomic E-state index is 1.86. The third-order valence-electron chi connectivity index (χ3n) is 0.200. The van der Waals surface area contributed by atoms with Crippen molar-refractivity contribution in [3.8, 4) is 0 Å². The summed E-state index contributed by atoms with van der Waals surface area (Å²) in [5, 5.41) is 0. The fourth-order valence-corrected chi connectivity index (χ4v) is 89.3. The van der Waals surface area contributed by atoms with Crippen LogP contribution in [-0.4, -0.2) is 37.7 Å². The van der Waals surface area contributed by atoms with Gasteiger partial charge in [0.1, 0.15) is 0 Å². The fourth-order valence-electron chi connectivity index (χ4n) is 0.0707. The van der Waals surface area contributed by atoms with Gasteiger partial charge in [-0.2, -0.15) is 0 Å². The molecule has 0 aliphatic rings. The van der Waals surface area contributed by atoms with Gasteiger partial charge in [-0.3, -0.25) is 0 Å². The van der Waals surface area contributed by atoms with Crippen LogP contribution in [0.4, 0.5) is 0 Å². The van der Waals surface area contributed by atoms with Crippen molar-refractivity contribution in [2.75, 3.05) is 0 Å². The first kappa shape index (κ1) is 12.4. The van der Waals surface area contributed by atoms with Crippen LogP contribution in [0, 0.1) is 0 Å². The number of rotatable bonds is 2. The molecule has 0 N–H and O–H groups in total. The van der Waals surface area contributed by atoms with Gasteiger partial charge in [0.15, 0.2) is 0 Å². The van der Waals surface area contributed by atoms with Crippen LogP contribution in [0.1, 0.15) is 0 Å². The summed E-state index contributed by atoms with van der Waals surface area (Å²) < 4.78 is 0. The predicted molar refractivity (Wildman–Crippen MR) is 22.4 cm³/mol. The van der Waals surface area contributed by atoms with E-state index in [4.69, 9.17) is 0 Å². The number of hydrogen-bond donors (Lipinski definition) is 0. The molecule has 0 amide bonds. The van der Waals surface area contributed by atoms with Gasteiger partial charge in [-0.1, -0.05) is 0 Å². The molecule has 0 saturated carbocycles. The van der Waals surface area contributed by atoms with Crippen LogP contribution in [0.25, 0.3) is 0 Å². The molecule has 6 heavy (non-hydrogen) atoms. The van der Waals surface area contributed by atoms with Gasteiger partial charge in [-0.25, -0.2) is 0 Å². The van der Waals surface area contributed by atoms with Gasteiger partial charge in [0.2, 0.25) is 0 Å². The Bertz CT molecular complexity index is 38.1. The Morgan fingerprint density at radius 1 is 1.17 bits per heavy atom. The zero-order valence-electron chi connectivity index (χ0n) is 3.02. The SMILES string of the molecule is [CaH2].[Zn]=[P][Zn][P]=[Zn]. The zero-order valence-corrected chi connectivity index (χ0v) is 13.7. The second-order valence-electron chi connectivity index (χ2n) is 0.589. The van der Waals surface area contributed by atoms with E-state index in [1.165, 1.54) is 0 Å². The van der Waals surface area contributed by atoms with Crippen LogP contribution in [0.15, 0.2) is 0 Å². The van der Waals surface area contributed by atoms with Crippen molar-refractivity contribution in [1.29, 1.82) is 0 Å². The molecule has 0 rings (SSSR count). The van der Waals surface area contributed by atoms with E-state index in [-0.39, 0.29) is 53.9 Å². The van der Waals surface area contributed by atoms with Crippen LogP contribution in [0.5, 0.6) is 0 Å². The van der Waals surface area contributed by atoms with Crippen molar-refractivity contribution in [1.82, 2.24) is 0 Å². The molecule has 0 radical (unpaired) electrons. The summed E-state index contributed by atoms with van der Waals surface area (Å²) in [6, 6.07) is 0. The van der Waals surface area contributed by atoms with E-state index in [0.717, 1.165) is 0 Å². The molecule has 0 bridgehead atoms. The van der Waals surface area contributed by atoms with E-state index in [0.29, 0.717) is 0 Å². The molecular formula is H2CaP2Zn3. The van der Waals surface area contributed by atoms with E-state index in [1.54, 1.807) is 34.7 Å². The monoisotopic (exact) mass is 296 g/mol. The van der Waals surface area contributed by atoms with Gasteiger partial charge < -0.3 is 0 Å². The Morgan fingerprint density at radius 2 is 1.50 bits per heavy atom. The first-order chi connectivity index (χ1) is 2.41. The molecule has 0 heterocycles. The summed E-state index contributed by atoms with van der Waals surface area (Å²) in [4.78, 5) is 3.72. The Kier molecular flexibility index (Phi) is 23.8. The average Bonchev–Trinajstić information content (AvgIpc) is 1.41. The summed E-state index contributed by atoms with van der Waals surface area (Å²) in [6.45, 7) is 0. The van der Waals surface area contributed by atoms with Crippen molar-refractivity contribution >= 4 is 47.3 Å². The Balaban J connectivity index is 0. The molecule has 0 saturated heterocycles. The predicted octanol–water partition coefficient (Wildman–Crippen LogP) is 0.799. The summed E-state index contributed by atoms with van der Waals surface area (Å²) >= 11 is 3.25. The van der Waals surface area contributed by atoms with E-state index >= 15 is 0 Å². The van der Waals surface area contributed by atoms with E-state index in [1.807, 2.05) is 9.58 Å². The fraction of sp³-hybridized carbons (Fsp3) is 0. The number of hydrogen-bond acceptors (Lipinski definition) is 0. The molecule has 0 aromatic heterocycles. The molecule has 0 atom stereocenters. The van der Waals surface area contributed by atoms with Crippen LogP contribution in [0.3, 0.4) is 0 Å². The van der Waals surface area contributed by atoms with Crippen molar-refractivity contribution in [2.24, 2.45) is 0 Å². The average molecular weight is 300 g/mol.